The highest BCUT2D eigenvalue weighted by Gasteiger charge is 2.25. The SMILES string of the molecule is C=C(C)NC(C(=O)OCC)c1ccccc1OC(=O)CC. The van der Waals surface area contributed by atoms with Gasteiger partial charge in [-0.3, -0.25) is 4.79 Å². The summed E-state index contributed by atoms with van der Waals surface area (Å²) in [5, 5.41) is 2.95. The van der Waals surface area contributed by atoms with Crippen molar-refractivity contribution in [3.63, 3.8) is 0 Å². The lowest BCUT2D eigenvalue weighted by molar-refractivity contribution is -0.146. The molecule has 0 bridgehead atoms. The van der Waals surface area contributed by atoms with Gasteiger partial charge < -0.3 is 14.8 Å². The normalized spacial score (nSPS) is 11.4. The summed E-state index contributed by atoms with van der Waals surface area (Å²) in [6.07, 6.45) is 0.256. The van der Waals surface area contributed by atoms with Gasteiger partial charge in [-0.2, -0.15) is 0 Å². The second-order valence-corrected chi connectivity index (χ2v) is 4.48. The van der Waals surface area contributed by atoms with Crippen LogP contribution in [0.5, 0.6) is 5.75 Å². The molecule has 0 aromatic heterocycles. The first-order valence-electron chi connectivity index (χ1n) is 6.87. The molecule has 0 heterocycles. The number of esters is 2. The van der Waals surface area contributed by atoms with Gasteiger partial charge in [0.2, 0.25) is 0 Å². The molecule has 1 N–H and O–H groups in total. The molecule has 0 spiro atoms. The topological polar surface area (TPSA) is 64.6 Å². The molecular formula is C16H21NO4. The fourth-order valence-corrected chi connectivity index (χ4v) is 1.74. The van der Waals surface area contributed by atoms with Gasteiger partial charge in [-0.05, 0) is 19.9 Å². The lowest BCUT2D eigenvalue weighted by atomic mass is 10.1. The van der Waals surface area contributed by atoms with E-state index in [2.05, 4.69) is 11.9 Å². The molecule has 1 atom stereocenters. The fraction of sp³-hybridized carbons (Fsp3) is 0.375. The molecule has 5 heteroatoms. The first-order valence-corrected chi connectivity index (χ1v) is 6.87. The number of hydrogen-bond acceptors (Lipinski definition) is 5. The Labute approximate surface area is 124 Å². The molecular weight excluding hydrogens is 270 g/mol. The van der Waals surface area contributed by atoms with Gasteiger partial charge in [-0.15, -0.1) is 0 Å². The molecule has 0 aliphatic heterocycles. The van der Waals surface area contributed by atoms with Crippen LogP contribution in [-0.4, -0.2) is 18.5 Å². The van der Waals surface area contributed by atoms with Crippen molar-refractivity contribution in [2.24, 2.45) is 0 Å². The third-order valence-corrected chi connectivity index (χ3v) is 2.66. The first kappa shape index (κ1) is 16.8. The van der Waals surface area contributed by atoms with Gasteiger partial charge >= 0.3 is 11.9 Å². The van der Waals surface area contributed by atoms with Gasteiger partial charge in [-0.25, -0.2) is 4.79 Å². The maximum atomic E-state index is 12.1. The average Bonchev–Trinajstić information content (AvgIpc) is 2.45. The molecule has 0 amide bonds. The van der Waals surface area contributed by atoms with Crippen molar-refractivity contribution in [1.82, 2.24) is 5.32 Å². The maximum Gasteiger partial charge on any atom is 0.333 e. The maximum absolute atomic E-state index is 12.1. The zero-order chi connectivity index (χ0) is 15.8. The Kier molecular flexibility index (Phi) is 6.46. The van der Waals surface area contributed by atoms with Crippen molar-refractivity contribution >= 4 is 11.9 Å². The highest BCUT2D eigenvalue weighted by molar-refractivity contribution is 5.80. The van der Waals surface area contributed by atoms with E-state index in [-0.39, 0.29) is 19.0 Å². The van der Waals surface area contributed by atoms with Crippen molar-refractivity contribution in [3.8, 4) is 5.75 Å². The van der Waals surface area contributed by atoms with Crippen LogP contribution < -0.4 is 10.1 Å². The fourth-order valence-electron chi connectivity index (χ4n) is 1.74. The molecule has 0 aliphatic carbocycles. The van der Waals surface area contributed by atoms with Crippen LogP contribution in [0.2, 0.25) is 0 Å². The Hall–Kier alpha value is -2.30. The smallest absolute Gasteiger partial charge is 0.333 e. The molecule has 1 unspecified atom stereocenters. The van der Waals surface area contributed by atoms with Gasteiger partial charge in [0, 0.05) is 17.7 Å². The Morgan fingerprint density at radius 1 is 1.29 bits per heavy atom. The molecule has 21 heavy (non-hydrogen) atoms. The van der Waals surface area contributed by atoms with Gasteiger partial charge in [0.25, 0.3) is 0 Å². The number of carbonyl (C=O) groups excluding carboxylic acids is 2. The minimum Gasteiger partial charge on any atom is -0.464 e. The first-order chi connectivity index (χ1) is 9.99. The second-order valence-electron chi connectivity index (χ2n) is 4.48. The number of benzene rings is 1. The number of hydrogen-bond donors (Lipinski definition) is 1. The summed E-state index contributed by atoms with van der Waals surface area (Å²) >= 11 is 0. The van der Waals surface area contributed by atoms with Crippen LogP contribution in [0.4, 0.5) is 0 Å². The Bertz CT molecular complexity index is 525. The van der Waals surface area contributed by atoms with E-state index in [4.69, 9.17) is 9.47 Å². The number of carbonyl (C=O) groups is 2. The van der Waals surface area contributed by atoms with Gasteiger partial charge in [0.15, 0.2) is 6.04 Å². The molecule has 1 rings (SSSR count). The van der Waals surface area contributed by atoms with E-state index in [1.807, 2.05) is 0 Å². The Balaban J connectivity index is 3.14. The lowest BCUT2D eigenvalue weighted by Crippen LogP contribution is -2.29. The van der Waals surface area contributed by atoms with E-state index < -0.39 is 12.0 Å². The van der Waals surface area contributed by atoms with E-state index in [0.717, 1.165) is 0 Å². The van der Waals surface area contributed by atoms with Crippen molar-refractivity contribution in [2.45, 2.75) is 33.2 Å². The third-order valence-electron chi connectivity index (χ3n) is 2.66. The van der Waals surface area contributed by atoms with Crippen LogP contribution >= 0.6 is 0 Å². The Morgan fingerprint density at radius 3 is 2.52 bits per heavy atom. The highest BCUT2D eigenvalue weighted by atomic mass is 16.5. The summed E-state index contributed by atoms with van der Waals surface area (Å²) in [4.78, 5) is 23.6. The van der Waals surface area contributed by atoms with Crippen molar-refractivity contribution in [1.29, 1.82) is 0 Å². The minimum absolute atomic E-state index is 0.256. The van der Waals surface area contributed by atoms with Crippen LogP contribution in [0.25, 0.3) is 0 Å². The summed E-state index contributed by atoms with van der Waals surface area (Å²) < 4.78 is 10.3. The molecule has 0 saturated heterocycles. The minimum atomic E-state index is -0.761. The van der Waals surface area contributed by atoms with Crippen LogP contribution in [0.1, 0.15) is 38.8 Å². The van der Waals surface area contributed by atoms with E-state index in [0.29, 0.717) is 17.0 Å². The number of allylic oxidation sites excluding steroid dienone is 1. The monoisotopic (exact) mass is 291 g/mol. The van der Waals surface area contributed by atoms with Crippen LogP contribution in [0.15, 0.2) is 36.5 Å². The second kappa shape index (κ2) is 8.09. The predicted molar refractivity (Wildman–Crippen MR) is 79.7 cm³/mol. The highest BCUT2D eigenvalue weighted by Crippen LogP contribution is 2.27. The summed E-state index contributed by atoms with van der Waals surface area (Å²) in [6, 6.07) is 6.11. The van der Waals surface area contributed by atoms with E-state index in [9.17, 15) is 9.59 Å². The number of ether oxygens (including phenoxy) is 2. The average molecular weight is 291 g/mol. The summed E-state index contributed by atoms with van der Waals surface area (Å²) in [5.41, 5.74) is 1.16. The molecule has 1 aromatic rings. The molecule has 1 aromatic carbocycles. The van der Waals surface area contributed by atoms with E-state index >= 15 is 0 Å². The molecule has 0 fully saturated rings. The van der Waals surface area contributed by atoms with Crippen LogP contribution in [-0.2, 0) is 14.3 Å². The summed E-state index contributed by atoms with van der Waals surface area (Å²) in [5.74, 6) is -0.461. The van der Waals surface area contributed by atoms with Crippen LogP contribution in [0, 0.1) is 0 Å². The van der Waals surface area contributed by atoms with Crippen molar-refractivity contribution < 1.29 is 19.1 Å². The van der Waals surface area contributed by atoms with Crippen molar-refractivity contribution in [2.75, 3.05) is 6.61 Å². The molecule has 0 aliphatic rings. The van der Waals surface area contributed by atoms with E-state index in [1.54, 1.807) is 45.0 Å². The van der Waals surface area contributed by atoms with Gasteiger partial charge in [0.1, 0.15) is 5.75 Å². The summed E-state index contributed by atoms with van der Waals surface area (Å²) in [6.45, 7) is 9.20. The van der Waals surface area contributed by atoms with Crippen molar-refractivity contribution in [3.05, 3.63) is 42.1 Å². The molecule has 5 nitrogen and oxygen atoms in total. The molecule has 0 radical (unpaired) electrons. The van der Waals surface area contributed by atoms with Gasteiger partial charge in [-0.1, -0.05) is 31.7 Å². The zero-order valence-electron chi connectivity index (χ0n) is 12.6. The van der Waals surface area contributed by atoms with E-state index in [1.165, 1.54) is 0 Å². The zero-order valence-corrected chi connectivity index (χ0v) is 12.6. The standard InChI is InChI=1S/C16H21NO4/c1-5-14(18)21-13-10-8-7-9-12(13)15(17-11(3)4)16(19)20-6-2/h7-10,15,17H,3,5-6H2,1-2,4H3. The third kappa shape index (κ3) is 4.95. The number of nitrogens with one attached hydrogen (secondary N) is 1. The largest absolute Gasteiger partial charge is 0.464 e. The van der Waals surface area contributed by atoms with Gasteiger partial charge in [0.05, 0.1) is 6.61 Å². The Morgan fingerprint density at radius 2 is 1.95 bits per heavy atom. The number of rotatable bonds is 7. The lowest BCUT2D eigenvalue weighted by Gasteiger charge is -2.20. The predicted octanol–water partition coefficient (Wildman–Crippen LogP) is 2.73. The van der Waals surface area contributed by atoms with Crippen LogP contribution in [0.3, 0.4) is 0 Å². The molecule has 0 saturated carbocycles. The summed E-state index contributed by atoms with van der Waals surface area (Å²) in [7, 11) is 0. The number of para-hydroxylation sites is 1. The quantitative estimate of drug-likeness (QED) is 0.618. The molecule has 114 valence electrons.